The molecule has 82 valence electrons. The number of nitrogens with zero attached hydrogens (tertiary/aromatic N) is 2. The summed E-state index contributed by atoms with van der Waals surface area (Å²) in [6, 6.07) is 2.51. The summed E-state index contributed by atoms with van der Waals surface area (Å²) in [5, 5.41) is 2.07. The van der Waals surface area contributed by atoms with Gasteiger partial charge in [0, 0.05) is 36.7 Å². The number of aldehydes is 1. The molecular formula is C11H16N2OS. The molecule has 0 N–H and O–H groups in total. The van der Waals surface area contributed by atoms with Crippen LogP contribution in [-0.2, 0) is 0 Å². The molecule has 3 nitrogen and oxygen atoms in total. The molecule has 0 radical (unpaired) electrons. The highest BCUT2D eigenvalue weighted by molar-refractivity contribution is 7.12. The summed E-state index contributed by atoms with van der Waals surface area (Å²) in [7, 11) is 2.15. The molecule has 1 aliphatic heterocycles. The lowest BCUT2D eigenvalue weighted by molar-refractivity contribution is 0.112. The van der Waals surface area contributed by atoms with Gasteiger partial charge < -0.3 is 9.80 Å². The molecule has 15 heavy (non-hydrogen) atoms. The lowest BCUT2D eigenvalue weighted by Crippen LogP contribution is -2.50. The normalized spacial score (nSPS) is 23.1. The Bertz CT molecular complexity index is 350. The van der Waals surface area contributed by atoms with E-state index in [0.29, 0.717) is 6.04 Å². The molecule has 1 aromatic rings. The molecule has 0 bridgehead atoms. The van der Waals surface area contributed by atoms with Crippen LogP contribution < -0.4 is 4.90 Å². The topological polar surface area (TPSA) is 23.6 Å². The highest BCUT2D eigenvalue weighted by atomic mass is 32.1. The van der Waals surface area contributed by atoms with Gasteiger partial charge in [0.2, 0.25) is 0 Å². The van der Waals surface area contributed by atoms with E-state index >= 15 is 0 Å². The van der Waals surface area contributed by atoms with E-state index in [1.54, 1.807) is 0 Å². The molecule has 1 saturated heterocycles. The van der Waals surface area contributed by atoms with Crippen molar-refractivity contribution in [2.24, 2.45) is 0 Å². The van der Waals surface area contributed by atoms with Crippen molar-refractivity contribution in [1.82, 2.24) is 4.90 Å². The van der Waals surface area contributed by atoms with Crippen molar-refractivity contribution in [2.45, 2.75) is 13.0 Å². The summed E-state index contributed by atoms with van der Waals surface area (Å²) in [5.74, 6) is 0. The number of carbonyl (C=O) groups excluding carboxylic acids is 1. The minimum absolute atomic E-state index is 0.526. The highest BCUT2D eigenvalue weighted by Gasteiger charge is 2.22. The first-order valence-corrected chi connectivity index (χ1v) is 6.07. The van der Waals surface area contributed by atoms with Gasteiger partial charge in [-0.1, -0.05) is 0 Å². The maximum absolute atomic E-state index is 10.6. The predicted molar refractivity (Wildman–Crippen MR) is 64.0 cm³/mol. The Morgan fingerprint density at radius 2 is 2.33 bits per heavy atom. The first-order valence-electron chi connectivity index (χ1n) is 5.19. The number of likely N-dealkylation sites (N-methyl/N-ethyl adjacent to an activating group) is 1. The zero-order valence-electron chi connectivity index (χ0n) is 9.14. The molecule has 0 saturated carbocycles. The van der Waals surface area contributed by atoms with Gasteiger partial charge in [0.15, 0.2) is 6.29 Å². The number of anilines is 1. The molecule has 0 aliphatic carbocycles. The third kappa shape index (κ3) is 2.21. The van der Waals surface area contributed by atoms with Crippen LogP contribution >= 0.6 is 11.3 Å². The van der Waals surface area contributed by atoms with Crippen LogP contribution in [0.4, 0.5) is 5.69 Å². The molecule has 1 fully saturated rings. The van der Waals surface area contributed by atoms with Gasteiger partial charge in [0.1, 0.15) is 0 Å². The van der Waals surface area contributed by atoms with Gasteiger partial charge in [-0.05, 0) is 20.0 Å². The van der Waals surface area contributed by atoms with Crippen LogP contribution in [0.1, 0.15) is 16.6 Å². The van der Waals surface area contributed by atoms with Gasteiger partial charge in [-0.3, -0.25) is 4.79 Å². The minimum Gasteiger partial charge on any atom is -0.366 e. The number of thiophene rings is 1. The standard InChI is InChI=1S/C11H16N2OS/c1-9-6-12(2)3-4-13(9)10-5-11(7-14)15-8-10/h5,7-9H,3-4,6H2,1-2H3. The summed E-state index contributed by atoms with van der Waals surface area (Å²) in [6.45, 7) is 5.46. The monoisotopic (exact) mass is 224 g/mol. The second kappa shape index (κ2) is 4.33. The number of hydrogen-bond donors (Lipinski definition) is 0. The number of piperazine rings is 1. The van der Waals surface area contributed by atoms with Gasteiger partial charge in [-0.25, -0.2) is 0 Å². The number of rotatable bonds is 2. The smallest absolute Gasteiger partial charge is 0.160 e. The van der Waals surface area contributed by atoms with E-state index in [1.165, 1.54) is 17.0 Å². The first-order chi connectivity index (χ1) is 7.20. The maximum Gasteiger partial charge on any atom is 0.160 e. The SMILES string of the molecule is CC1CN(C)CCN1c1csc(C=O)c1. The molecule has 4 heteroatoms. The lowest BCUT2D eigenvalue weighted by atomic mass is 10.2. The van der Waals surface area contributed by atoms with Crippen LogP contribution in [0.25, 0.3) is 0 Å². The average Bonchev–Trinajstić information content (AvgIpc) is 2.66. The van der Waals surface area contributed by atoms with E-state index in [0.717, 1.165) is 30.8 Å². The molecule has 1 aromatic heterocycles. The van der Waals surface area contributed by atoms with Gasteiger partial charge in [-0.15, -0.1) is 11.3 Å². The van der Waals surface area contributed by atoms with Crippen molar-refractivity contribution in [3.8, 4) is 0 Å². The Morgan fingerprint density at radius 1 is 1.53 bits per heavy atom. The van der Waals surface area contributed by atoms with Crippen molar-refractivity contribution in [3.05, 3.63) is 16.3 Å². The van der Waals surface area contributed by atoms with E-state index in [9.17, 15) is 4.79 Å². The van der Waals surface area contributed by atoms with Crippen LogP contribution in [0.5, 0.6) is 0 Å². The second-order valence-corrected chi connectivity index (χ2v) is 5.07. The highest BCUT2D eigenvalue weighted by Crippen LogP contribution is 2.25. The van der Waals surface area contributed by atoms with E-state index < -0.39 is 0 Å². The Kier molecular flexibility index (Phi) is 3.07. The van der Waals surface area contributed by atoms with Gasteiger partial charge >= 0.3 is 0 Å². The quantitative estimate of drug-likeness (QED) is 0.714. The molecule has 1 atom stereocenters. The maximum atomic E-state index is 10.6. The Balaban J connectivity index is 2.12. The Morgan fingerprint density at radius 3 is 2.93 bits per heavy atom. The van der Waals surface area contributed by atoms with Crippen LogP contribution in [0.3, 0.4) is 0 Å². The molecule has 0 aromatic carbocycles. The second-order valence-electron chi connectivity index (χ2n) is 4.13. The minimum atomic E-state index is 0.526. The van der Waals surface area contributed by atoms with Crippen LogP contribution in [0.2, 0.25) is 0 Å². The molecule has 1 aliphatic rings. The van der Waals surface area contributed by atoms with Crippen LogP contribution in [0.15, 0.2) is 11.4 Å². The van der Waals surface area contributed by atoms with Gasteiger partial charge in [0.05, 0.1) is 4.88 Å². The predicted octanol–water partition coefficient (Wildman–Crippen LogP) is 1.70. The van der Waals surface area contributed by atoms with E-state index in [1.807, 2.05) is 6.07 Å². The third-order valence-electron chi connectivity index (χ3n) is 2.88. The third-order valence-corrected chi connectivity index (χ3v) is 3.73. The largest absolute Gasteiger partial charge is 0.366 e. The fourth-order valence-electron chi connectivity index (χ4n) is 2.08. The zero-order valence-corrected chi connectivity index (χ0v) is 9.96. The van der Waals surface area contributed by atoms with Crippen molar-refractivity contribution < 1.29 is 4.79 Å². The lowest BCUT2D eigenvalue weighted by Gasteiger charge is -2.39. The average molecular weight is 224 g/mol. The summed E-state index contributed by atoms with van der Waals surface area (Å²) >= 11 is 1.52. The van der Waals surface area contributed by atoms with Crippen LogP contribution in [0, 0.1) is 0 Å². The summed E-state index contributed by atoms with van der Waals surface area (Å²) in [6.07, 6.45) is 0.926. The van der Waals surface area contributed by atoms with E-state index in [4.69, 9.17) is 0 Å². The van der Waals surface area contributed by atoms with Crippen LogP contribution in [-0.4, -0.2) is 43.9 Å². The Labute approximate surface area is 94.3 Å². The first kappa shape index (κ1) is 10.6. The molecule has 2 heterocycles. The fourth-order valence-corrected chi connectivity index (χ4v) is 2.78. The molecular weight excluding hydrogens is 208 g/mol. The van der Waals surface area contributed by atoms with Crippen molar-refractivity contribution in [2.75, 3.05) is 31.6 Å². The molecule has 0 spiro atoms. The van der Waals surface area contributed by atoms with Gasteiger partial charge in [0.25, 0.3) is 0 Å². The van der Waals surface area contributed by atoms with Crippen molar-refractivity contribution in [3.63, 3.8) is 0 Å². The number of carbonyl (C=O) groups is 1. The summed E-state index contributed by atoms with van der Waals surface area (Å²) in [4.78, 5) is 16.2. The van der Waals surface area contributed by atoms with Crippen molar-refractivity contribution >= 4 is 23.3 Å². The fraction of sp³-hybridized carbons (Fsp3) is 0.545. The summed E-state index contributed by atoms with van der Waals surface area (Å²) < 4.78 is 0. The molecule has 2 rings (SSSR count). The molecule has 1 unspecified atom stereocenters. The van der Waals surface area contributed by atoms with E-state index in [-0.39, 0.29) is 0 Å². The van der Waals surface area contributed by atoms with Gasteiger partial charge in [-0.2, -0.15) is 0 Å². The zero-order chi connectivity index (χ0) is 10.8. The van der Waals surface area contributed by atoms with Crippen molar-refractivity contribution in [1.29, 1.82) is 0 Å². The Hall–Kier alpha value is -0.870. The van der Waals surface area contributed by atoms with E-state index in [2.05, 4.69) is 29.2 Å². The number of hydrogen-bond acceptors (Lipinski definition) is 4. The summed E-state index contributed by atoms with van der Waals surface area (Å²) in [5.41, 5.74) is 1.20. The molecule has 0 amide bonds.